The number of nitrogens with one attached hydrogen (secondary N) is 1. The lowest BCUT2D eigenvalue weighted by Gasteiger charge is -2.14. The summed E-state index contributed by atoms with van der Waals surface area (Å²) in [5.74, 6) is 0.926. The van der Waals surface area contributed by atoms with Crippen molar-refractivity contribution in [1.82, 2.24) is 9.29 Å². The zero-order chi connectivity index (χ0) is 28.1. The monoisotopic (exact) mass is 558 g/mol. The first-order valence-electron chi connectivity index (χ1n) is 13.0. The number of nitrogens with zero attached hydrogens (tertiary/aromatic N) is 3. The van der Waals surface area contributed by atoms with Crippen LogP contribution in [0.5, 0.6) is 11.6 Å². The molecule has 2 N–H and O–H groups in total. The van der Waals surface area contributed by atoms with Gasteiger partial charge >= 0.3 is 0 Å². The number of fused-ring (bicyclic) bond motifs is 1. The number of amidine groups is 1. The third-order valence-electron chi connectivity index (χ3n) is 6.79. The summed E-state index contributed by atoms with van der Waals surface area (Å²) in [5.41, 5.74) is 1.20. The molecule has 0 saturated heterocycles. The fourth-order valence-electron chi connectivity index (χ4n) is 4.64. The molecule has 0 atom stereocenters. The molecule has 3 aromatic carbocycles. The molecular weight excluding hydrogens is 528 g/mol. The number of pyridine rings is 1. The topological polar surface area (TPSA) is 122 Å². The molecule has 1 aliphatic rings. The van der Waals surface area contributed by atoms with Crippen molar-refractivity contribution >= 4 is 38.5 Å². The van der Waals surface area contributed by atoms with E-state index in [9.17, 15) is 18.3 Å². The molecule has 0 bridgehead atoms. The number of rotatable bonds is 7. The van der Waals surface area contributed by atoms with E-state index in [1.807, 2.05) is 12.1 Å². The fourth-order valence-corrected chi connectivity index (χ4v) is 5.77. The van der Waals surface area contributed by atoms with Crippen LogP contribution in [-0.4, -0.2) is 43.8 Å². The largest absolute Gasteiger partial charge is 0.497 e. The van der Waals surface area contributed by atoms with Crippen molar-refractivity contribution in [1.29, 1.82) is 0 Å². The lowest BCUT2D eigenvalue weighted by molar-refractivity contribution is 0.412. The average molecular weight is 559 g/mol. The van der Waals surface area contributed by atoms with Crippen LogP contribution >= 0.6 is 0 Å². The Morgan fingerprint density at radius 3 is 2.58 bits per heavy atom. The molecule has 9 nitrogen and oxygen atoms in total. The maximum Gasteiger partial charge on any atom is 0.262 e. The zero-order valence-corrected chi connectivity index (χ0v) is 22.9. The second-order valence-electron chi connectivity index (χ2n) is 9.52. The molecule has 0 radical (unpaired) electrons. The summed E-state index contributed by atoms with van der Waals surface area (Å²) < 4.78 is 35.2. The van der Waals surface area contributed by atoms with Gasteiger partial charge in [0.05, 0.1) is 29.8 Å². The van der Waals surface area contributed by atoms with Gasteiger partial charge in [-0.25, -0.2) is 8.42 Å². The predicted molar refractivity (Wildman–Crippen MR) is 157 cm³/mol. The van der Waals surface area contributed by atoms with E-state index >= 15 is 0 Å². The summed E-state index contributed by atoms with van der Waals surface area (Å²) in [5, 5.41) is 12.2. The lowest BCUT2D eigenvalue weighted by Crippen LogP contribution is -2.30. The van der Waals surface area contributed by atoms with Crippen molar-refractivity contribution in [3.05, 3.63) is 94.3 Å². The standard InChI is InChI=1S/C30H30N4O5S/c1-39-23-15-13-21(14-16-23)20-34-29(35)26-11-5-4-10-25(26)27(30(34)36)19-32-22-8-7-9-24(18-22)40(37,38)33-28-12-3-2-6-17-31-28/h4-5,7-11,13-16,18-19,36H,2-3,6,12,17,20H2,1H3,(H,31,33). The van der Waals surface area contributed by atoms with Crippen LogP contribution in [0, 0.1) is 0 Å². The summed E-state index contributed by atoms with van der Waals surface area (Å²) in [6, 6.07) is 20.5. The smallest absolute Gasteiger partial charge is 0.262 e. The first-order valence-corrected chi connectivity index (χ1v) is 14.5. The van der Waals surface area contributed by atoms with Gasteiger partial charge in [0.2, 0.25) is 5.88 Å². The van der Waals surface area contributed by atoms with Gasteiger partial charge in [-0.1, -0.05) is 42.8 Å². The van der Waals surface area contributed by atoms with Gasteiger partial charge in [0.15, 0.2) is 0 Å². The molecule has 0 fully saturated rings. The van der Waals surface area contributed by atoms with Gasteiger partial charge < -0.3 is 9.84 Å². The number of aliphatic imine (C=N–C) groups is 2. The van der Waals surface area contributed by atoms with E-state index < -0.39 is 10.0 Å². The van der Waals surface area contributed by atoms with Crippen LogP contribution in [0.4, 0.5) is 5.69 Å². The van der Waals surface area contributed by atoms with E-state index in [0.29, 0.717) is 46.6 Å². The number of aromatic nitrogens is 1. The molecule has 4 aromatic rings. The second kappa shape index (κ2) is 11.7. The van der Waals surface area contributed by atoms with Crippen LogP contribution in [0.1, 0.15) is 36.8 Å². The third-order valence-corrected chi connectivity index (χ3v) is 8.17. The van der Waals surface area contributed by atoms with Crippen LogP contribution in [-0.2, 0) is 16.6 Å². The van der Waals surface area contributed by atoms with Gasteiger partial charge in [-0.15, -0.1) is 0 Å². The van der Waals surface area contributed by atoms with Gasteiger partial charge in [-0.05, 0) is 54.8 Å². The molecule has 40 heavy (non-hydrogen) atoms. The summed E-state index contributed by atoms with van der Waals surface area (Å²) >= 11 is 0. The van der Waals surface area contributed by atoms with E-state index in [4.69, 9.17) is 4.74 Å². The average Bonchev–Trinajstić information content (AvgIpc) is 3.24. The molecule has 0 aliphatic carbocycles. The fraction of sp³-hybridized carbons (Fsp3) is 0.233. The van der Waals surface area contributed by atoms with Crippen LogP contribution < -0.4 is 15.0 Å². The maximum absolute atomic E-state index is 13.3. The number of hydrogen-bond donors (Lipinski definition) is 2. The van der Waals surface area contributed by atoms with Crippen molar-refractivity contribution in [2.75, 3.05) is 13.7 Å². The minimum Gasteiger partial charge on any atom is -0.497 e. The summed E-state index contributed by atoms with van der Waals surface area (Å²) in [6.45, 7) is 0.754. The first kappa shape index (κ1) is 27.1. The van der Waals surface area contributed by atoms with Crippen molar-refractivity contribution in [2.45, 2.75) is 37.1 Å². The van der Waals surface area contributed by atoms with Gasteiger partial charge in [-0.2, -0.15) is 0 Å². The van der Waals surface area contributed by atoms with Crippen LogP contribution in [0.2, 0.25) is 0 Å². The number of aromatic hydroxyl groups is 1. The summed E-state index contributed by atoms with van der Waals surface area (Å²) in [4.78, 5) is 22.2. The van der Waals surface area contributed by atoms with Crippen molar-refractivity contribution in [3.8, 4) is 11.6 Å². The number of sulfonamides is 1. The van der Waals surface area contributed by atoms with Crippen molar-refractivity contribution in [2.24, 2.45) is 9.98 Å². The first-order chi connectivity index (χ1) is 19.4. The molecule has 0 saturated carbocycles. The lowest BCUT2D eigenvalue weighted by atomic mass is 10.1. The number of methoxy groups -OCH3 is 1. The zero-order valence-electron chi connectivity index (χ0n) is 22.1. The maximum atomic E-state index is 13.3. The molecule has 0 unspecified atom stereocenters. The van der Waals surface area contributed by atoms with Gasteiger partial charge in [0.1, 0.15) is 11.6 Å². The molecule has 10 heteroatoms. The van der Waals surface area contributed by atoms with Gasteiger partial charge in [0.25, 0.3) is 15.6 Å². The highest BCUT2D eigenvalue weighted by molar-refractivity contribution is 7.90. The Hall–Kier alpha value is -4.44. The molecule has 1 aromatic heterocycles. The van der Waals surface area contributed by atoms with E-state index in [0.717, 1.165) is 24.8 Å². The highest BCUT2D eigenvalue weighted by Gasteiger charge is 2.18. The van der Waals surface area contributed by atoms with E-state index in [1.54, 1.807) is 55.6 Å². The number of hydrogen-bond acceptors (Lipinski definition) is 7. The Morgan fingerprint density at radius 2 is 1.80 bits per heavy atom. The minimum absolute atomic E-state index is 0.0626. The Morgan fingerprint density at radius 1 is 1.02 bits per heavy atom. The van der Waals surface area contributed by atoms with Gasteiger partial charge in [-0.3, -0.25) is 24.1 Å². The van der Waals surface area contributed by atoms with Crippen molar-refractivity contribution < 1.29 is 18.3 Å². The van der Waals surface area contributed by atoms with Crippen molar-refractivity contribution in [3.63, 3.8) is 0 Å². The minimum atomic E-state index is -3.83. The molecule has 0 amide bonds. The number of ether oxygens (including phenoxy) is 1. The Bertz CT molecular complexity index is 1760. The second-order valence-corrected chi connectivity index (χ2v) is 11.2. The highest BCUT2D eigenvalue weighted by Crippen LogP contribution is 2.26. The van der Waals surface area contributed by atoms with Crippen LogP contribution in [0.3, 0.4) is 0 Å². The van der Waals surface area contributed by atoms with E-state index in [1.165, 1.54) is 22.9 Å². The van der Waals surface area contributed by atoms with E-state index in [2.05, 4.69) is 14.7 Å². The molecule has 0 spiro atoms. The van der Waals surface area contributed by atoms with Gasteiger partial charge in [0, 0.05) is 30.0 Å². The predicted octanol–water partition coefficient (Wildman–Crippen LogP) is 4.77. The molecule has 1 aliphatic heterocycles. The molecule has 206 valence electrons. The summed E-state index contributed by atoms with van der Waals surface area (Å²) in [7, 11) is -2.26. The quantitative estimate of drug-likeness (QED) is 0.317. The molecule has 2 heterocycles. The number of benzene rings is 3. The third kappa shape index (κ3) is 5.91. The Kier molecular flexibility index (Phi) is 7.97. The normalized spacial score (nSPS) is 14.2. The SMILES string of the molecule is COc1ccc(Cn2c(O)c(C=Nc3cccc(S(=O)(=O)NC4=NCCCCC4)c3)c3ccccc3c2=O)cc1. The highest BCUT2D eigenvalue weighted by atomic mass is 32.2. The molecule has 5 rings (SSSR count). The van der Waals surface area contributed by atoms with E-state index in [-0.39, 0.29) is 22.9 Å². The Labute approximate surface area is 232 Å². The van der Waals surface area contributed by atoms with Crippen LogP contribution in [0.15, 0.2) is 92.5 Å². The molecular formula is C30H30N4O5S. The Balaban J connectivity index is 1.49. The summed E-state index contributed by atoms with van der Waals surface area (Å²) in [6.07, 6.45) is 4.91. The van der Waals surface area contributed by atoms with Crippen LogP contribution in [0.25, 0.3) is 10.8 Å².